The van der Waals surface area contributed by atoms with Gasteiger partial charge in [0.1, 0.15) is 22.9 Å². The lowest BCUT2D eigenvalue weighted by Gasteiger charge is -2.10. The number of carbonyl (C=O) groups excluding carboxylic acids is 1. The first-order valence-corrected chi connectivity index (χ1v) is 7.33. The van der Waals surface area contributed by atoms with Crippen molar-refractivity contribution in [2.75, 3.05) is 11.9 Å². The molecule has 122 valence electrons. The second-order valence-corrected chi connectivity index (χ2v) is 5.35. The third-order valence-electron chi connectivity index (χ3n) is 3.18. The largest absolute Gasteiger partial charge is 0.481 e. The molecule has 0 aliphatic carbocycles. The molecule has 3 rings (SSSR count). The number of carbonyl (C=O) groups is 1. The summed E-state index contributed by atoms with van der Waals surface area (Å²) in [6.07, 6.45) is 1.58. The van der Waals surface area contributed by atoms with Crippen LogP contribution in [-0.4, -0.2) is 17.5 Å². The molecule has 0 spiro atoms. The number of aromatic nitrogens is 1. The molecule has 24 heavy (non-hydrogen) atoms. The Morgan fingerprint density at radius 2 is 1.92 bits per heavy atom. The summed E-state index contributed by atoms with van der Waals surface area (Å²) < 4.78 is 31.6. The minimum absolute atomic E-state index is 0.0141. The number of halogens is 3. The van der Waals surface area contributed by atoms with Crippen molar-refractivity contribution in [2.45, 2.75) is 0 Å². The van der Waals surface area contributed by atoms with Gasteiger partial charge in [-0.05, 0) is 36.4 Å². The third kappa shape index (κ3) is 3.60. The highest BCUT2D eigenvalue weighted by Crippen LogP contribution is 2.29. The van der Waals surface area contributed by atoms with Gasteiger partial charge in [-0.25, -0.2) is 8.78 Å². The van der Waals surface area contributed by atoms with Crippen LogP contribution in [0.1, 0.15) is 0 Å². The van der Waals surface area contributed by atoms with E-state index >= 15 is 0 Å². The lowest BCUT2D eigenvalue weighted by molar-refractivity contribution is -0.118. The van der Waals surface area contributed by atoms with Gasteiger partial charge < -0.3 is 10.1 Å². The Balaban J connectivity index is 1.72. The van der Waals surface area contributed by atoms with Crippen molar-refractivity contribution in [3.63, 3.8) is 0 Å². The molecule has 1 aromatic heterocycles. The highest BCUT2D eigenvalue weighted by Gasteiger charge is 2.10. The predicted octanol–water partition coefficient (Wildman–Crippen LogP) is 4.18. The summed E-state index contributed by atoms with van der Waals surface area (Å²) in [4.78, 5) is 16.1. The standard InChI is InChI=1S/C17H11ClF2N2O2/c18-14-3-4-15(17-13(14)2-1-5-21-17)24-9-16(23)22-12-7-10(19)6-11(20)8-12/h1-8H,9H2,(H,22,23). The van der Waals surface area contributed by atoms with Crippen LogP contribution >= 0.6 is 11.6 Å². The van der Waals surface area contributed by atoms with Crippen molar-refractivity contribution in [3.8, 4) is 5.75 Å². The fraction of sp³-hybridized carbons (Fsp3) is 0.0588. The van der Waals surface area contributed by atoms with Crippen molar-refractivity contribution in [3.05, 3.63) is 65.3 Å². The van der Waals surface area contributed by atoms with E-state index in [1.54, 1.807) is 30.5 Å². The molecular formula is C17H11ClF2N2O2. The van der Waals surface area contributed by atoms with Gasteiger partial charge >= 0.3 is 0 Å². The van der Waals surface area contributed by atoms with E-state index in [2.05, 4.69) is 10.3 Å². The van der Waals surface area contributed by atoms with E-state index in [0.717, 1.165) is 18.2 Å². The second-order valence-electron chi connectivity index (χ2n) is 4.94. The first kappa shape index (κ1) is 16.1. The van der Waals surface area contributed by atoms with Gasteiger partial charge in [-0.15, -0.1) is 0 Å². The average Bonchev–Trinajstić information content (AvgIpc) is 2.53. The van der Waals surface area contributed by atoms with Crippen LogP contribution in [0.25, 0.3) is 10.9 Å². The zero-order chi connectivity index (χ0) is 17.1. The van der Waals surface area contributed by atoms with Crippen LogP contribution in [0.4, 0.5) is 14.5 Å². The zero-order valence-corrected chi connectivity index (χ0v) is 13.0. The van der Waals surface area contributed by atoms with Crippen LogP contribution in [0.2, 0.25) is 5.02 Å². The quantitative estimate of drug-likeness (QED) is 0.769. The molecule has 1 N–H and O–H groups in total. The van der Waals surface area contributed by atoms with Gasteiger partial charge in [0.15, 0.2) is 6.61 Å². The number of amides is 1. The minimum Gasteiger partial charge on any atom is -0.481 e. The Labute approximate surface area is 141 Å². The summed E-state index contributed by atoms with van der Waals surface area (Å²) in [5, 5.41) is 3.58. The normalized spacial score (nSPS) is 10.6. The summed E-state index contributed by atoms with van der Waals surface area (Å²) >= 11 is 6.08. The first-order valence-electron chi connectivity index (χ1n) is 6.95. The van der Waals surface area contributed by atoms with Crippen molar-refractivity contribution >= 4 is 34.1 Å². The molecule has 0 aliphatic heterocycles. The maximum absolute atomic E-state index is 13.1. The summed E-state index contributed by atoms with van der Waals surface area (Å²) in [6.45, 7) is -0.342. The molecule has 4 nitrogen and oxygen atoms in total. The van der Waals surface area contributed by atoms with Gasteiger partial charge in [-0.2, -0.15) is 0 Å². The van der Waals surface area contributed by atoms with E-state index < -0.39 is 17.5 Å². The number of pyridine rings is 1. The summed E-state index contributed by atoms with van der Waals surface area (Å²) in [5.41, 5.74) is 0.537. The van der Waals surface area contributed by atoms with Crippen LogP contribution in [0.15, 0.2) is 48.7 Å². The second kappa shape index (κ2) is 6.80. The number of nitrogens with one attached hydrogen (secondary N) is 1. The Bertz CT molecular complexity index is 898. The van der Waals surface area contributed by atoms with Crippen molar-refractivity contribution in [2.24, 2.45) is 0 Å². The molecule has 0 saturated heterocycles. The maximum Gasteiger partial charge on any atom is 0.262 e. The number of anilines is 1. The van der Waals surface area contributed by atoms with Crippen LogP contribution < -0.4 is 10.1 Å². The number of nitrogens with zero attached hydrogens (tertiary/aromatic N) is 1. The molecule has 7 heteroatoms. The van der Waals surface area contributed by atoms with E-state index in [1.165, 1.54) is 0 Å². The van der Waals surface area contributed by atoms with Crippen LogP contribution in [0, 0.1) is 11.6 Å². The smallest absolute Gasteiger partial charge is 0.262 e. The molecule has 0 saturated carbocycles. The van der Waals surface area contributed by atoms with E-state index in [-0.39, 0.29) is 12.3 Å². The monoisotopic (exact) mass is 348 g/mol. The Hall–Kier alpha value is -2.73. The molecule has 0 unspecified atom stereocenters. The highest BCUT2D eigenvalue weighted by molar-refractivity contribution is 6.35. The average molecular weight is 349 g/mol. The number of hydrogen-bond acceptors (Lipinski definition) is 3. The minimum atomic E-state index is -0.779. The van der Waals surface area contributed by atoms with E-state index in [9.17, 15) is 13.6 Å². The van der Waals surface area contributed by atoms with Crippen LogP contribution in [0.5, 0.6) is 5.75 Å². The number of benzene rings is 2. The van der Waals surface area contributed by atoms with Gasteiger partial charge in [0, 0.05) is 23.3 Å². The molecule has 2 aromatic carbocycles. The molecule has 0 bridgehead atoms. The summed E-state index contributed by atoms with van der Waals surface area (Å²) in [7, 11) is 0. The summed E-state index contributed by atoms with van der Waals surface area (Å²) in [5.74, 6) is -1.73. The number of fused-ring (bicyclic) bond motifs is 1. The lowest BCUT2D eigenvalue weighted by Crippen LogP contribution is -2.20. The number of ether oxygens (including phenoxy) is 1. The molecular weight excluding hydrogens is 338 g/mol. The van der Waals surface area contributed by atoms with Gasteiger partial charge in [-0.1, -0.05) is 11.6 Å². The fourth-order valence-electron chi connectivity index (χ4n) is 2.19. The van der Waals surface area contributed by atoms with E-state index in [1.807, 2.05) is 0 Å². The maximum atomic E-state index is 13.1. The van der Waals surface area contributed by atoms with Gasteiger partial charge in [-0.3, -0.25) is 9.78 Å². The van der Waals surface area contributed by atoms with Crippen LogP contribution in [0.3, 0.4) is 0 Å². The van der Waals surface area contributed by atoms with Crippen molar-refractivity contribution < 1.29 is 18.3 Å². The van der Waals surface area contributed by atoms with Gasteiger partial charge in [0.25, 0.3) is 5.91 Å². The molecule has 0 atom stereocenters. The van der Waals surface area contributed by atoms with Gasteiger partial charge in [0.05, 0.1) is 5.02 Å². The molecule has 3 aromatic rings. The van der Waals surface area contributed by atoms with Crippen molar-refractivity contribution in [1.82, 2.24) is 4.98 Å². The van der Waals surface area contributed by atoms with Crippen LogP contribution in [-0.2, 0) is 4.79 Å². The SMILES string of the molecule is O=C(COc1ccc(Cl)c2cccnc12)Nc1cc(F)cc(F)c1. The first-order chi connectivity index (χ1) is 11.5. The molecule has 0 fully saturated rings. The summed E-state index contributed by atoms with van der Waals surface area (Å²) in [6, 6.07) is 9.52. The molecule has 0 aliphatic rings. The molecule has 1 heterocycles. The topological polar surface area (TPSA) is 51.2 Å². The Morgan fingerprint density at radius 3 is 2.67 bits per heavy atom. The highest BCUT2D eigenvalue weighted by atomic mass is 35.5. The predicted molar refractivity (Wildman–Crippen MR) is 87.2 cm³/mol. The number of hydrogen-bond donors (Lipinski definition) is 1. The number of rotatable bonds is 4. The van der Waals surface area contributed by atoms with Gasteiger partial charge in [0.2, 0.25) is 0 Å². The van der Waals surface area contributed by atoms with E-state index in [0.29, 0.717) is 21.7 Å². The Morgan fingerprint density at radius 1 is 1.17 bits per heavy atom. The zero-order valence-electron chi connectivity index (χ0n) is 12.2. The Kier molecular flexibility index (Phi) is 4.57. The van der Waals surface area contributed by atoms with Crippen molar-refractivity contribution in [1.29, 1.82) is 0 Å². The fourth-order valence-corrected chi connectivity index (χ4v) is 2.41. The third-order valence-corrected chi connectivity index (χ3v) is 3.51. The molecule has 0 radical (unpaired) electrons. The van der Waals surface area contributed by atoms with E-state index in [4.69, 9.17) is 16.3 Å². The molecule has 1 amide bonds. The lowest BCUT2D eigenvalue weighted by atomic mass is 10.2.